The van der Waals surface area contributed by atoms with E-state index in [4.69, 9.17) is 9.47 Å². The normalized spacial score (nSPS) is 12.8. The van der Waals surface area contributed by atoms with Gasteiger partial charge >= 0.3 is 0 Å². The van der Waals surface area contributed by atoms with Crippen molar-refractivity contribution in [2.45, 2.75) is 6.42 Å². The van der Waals surface area contributed by atoms with E-state index in [9.17, 15) is 9.59 Å². The molecule has 0 spiro atoms. The van der Waals surface area contributed by atoms with Crippen LogP contribution >= 0.6 is 0 Å². The highest BCUT2D eigenvalue weighted by Crippen LogP contribution is 2.26. The maximum atomic E-state index is 11.7. The Morgan fingerprint density at radius 2 is 2.23 bits per heavy atom. The van der Waals surface area contributed by atoms with E-state index in [1.807, 2.05) is 18.2 Å². The Morgan fingerprint density at radius 3 is 3.05 bits per heavy atom. The molecule has 0 fully saturated rings. The van der Waals surface area contributed by atoms with Gasteiger partial charge in [0.25, 0.3) is 0 Å². The third-order valence-electron chi connectivity index (χ3n) is 3.19. The maximum absolute atomic E-state index is 11.7. The van der Waals surface area contributed by atoms with Crippen LogP contribution in [0.5, 0.6) is 5.75 Å². The largest absolute Gasteiger partial charge is 0.493 e. The first-order valence-corrected chi connectivity index (χ1v) is 7.16. The lowest BCUT2D eigenvalue weighted by molar-refractivity contribution is -0.124. The molecule has 0 saturated heterocycles. The fraction of sp³-hybridized carbons (Fsp3) is 0.375. The van der Waals surface area contributed by atoms with Crippen molar-refractivity contribution in [1.29, 1.82) is 0 Å². The number of hydrogen-bond donors (Lipinski definition) is 2. The Hall–Kier alpha value is -2.34. The monoisotopic (exact) mass is 304 g/mol. The molecule has 0 saturated carbocycles. The molecular weight excluding hydrogens is 284 g/mol. The number of benzene rings is 1. The average molecular weight is 304 g/mol. The summed E-state index contributed by atoms with van der Waals surface area (Å²) < 4.78 is 10.2. The van der Waals surface area contributed by atoms with Gasteiger partial charge in [-0.3, -0.25) is 9.59 Å². The second-order valence-electron chi connectivity index (χ2n) is 4.86. The standard InChI is InChI=1S/C16H20N2O4/c1-21-9-7-17-16(20)11-18-15(19)5-3-12-2-4-14-13(10-12)6-8-22-14/h2-5,10H,6-9,11H2,1H3,(H,17,20)(H,18,19)/b5-3+. The third-order valence-corrected chi connectivity index (χ3v) is 3.19. The first kappa shape index (κ1) is 16.0. The summed E-state index contributed by atoms with van der Waals surface area (Å²) in [6.07, 6.45) is 4.03. The second kappa shape index (κ2) is 8.19. The van der Waals surface area contributed by atoms with Gasteiger partial charge in [-0.2, -0.15) is 0 Å². The van der Waals surface area contributed by atoms with Crippen molar-refractivity contribution < 1.29 is 19.1 Å². The molecule has 2 N–H and O–H groups in total. The minimum atomic E-state index is -0.307. The first-order chi connectivity index (χ1) is 10.7. The molecular formula is C16H20N2O4. The van der Waals surface area contributed by atoms with Crippen molar-refractivity contribution in [3.05, 3.63) is 35.4 Å². The number of fused-ring (bicyclic) bond motifs is 1. The van der Waals surface area contributed by atoms with Crippen LogP contribution < -0.4 is 15.4 Å². The smallest absolute Gasteiger partial charge is 0.244 e. The van der Waals surface area contributed by atoms with Gasteiger partial charge in [0.1, 0.15) is 5.75 Å². The van der Waals surface area contributed by atoms with Gasteiger partial charge in [-0.1, -0.05) is 6.07 Å². The van der Waals surface area contributed by atoms with Crippen molar-refractivity contribution >= 4 is 17.9 Å². The summed E-state index contributed by atoms with van der Waals surface area (Å²) in [5.74, 6) is 0.362. The van der Waals surface area contributed by atoms with Gasteiger partial charge in [0.15, 0.2) is 0 Å². The van der Waals surface area contributed by atoms with E-state index in [-0.39, 0.29) is 18.4 Å². The minimum Gasteiger partial charge on any atom is -0.493 e. The SMILES string of the molecule is COCCNC(=O)CNC(=O)/C=C/c1ccc2c(c1)CCO2. The van der Waals surface area contributed by atoms with Crippen molar-refractivity contribution in [1.82, 2.24) is 10.6 Å². The fourth-order valence-electron chi connectivity index (χ4n) is 2.06. The van der Waals surface area contributed by atoms with Gasteiger partial charge in [-0.25, -0.2) is 0 Å². The molecule has 2 amide bonds. The predicted octanol–water partition coefficient (Wildman–Crippen LogP) is 0.514. The first-order valence-electron chi connectivity index (χ1n) is 7.16. The van der Waals surface area contributed by atoms with E-state index in [1.165, 1.54) is 6.08 Å². The maximum Gasteiger partial charge on any atom is 0.244 e. The Kier molecular flexibility index (Phi) is 5.97. The molecule has 1 aromatic rings. The Morgan fingerprint density at radius 1 is 1.36 bits per heavy atom. The lowest BCUT2D eigenvalue weighted by Crippen LogP contribution is -2.37. The Balaban J connectivity index is 1.75. The zero-order valence-corrected chi connectivity index (χ0v) is 12.6. The van der Waals surface area contributed by atoms with Gasteiger partial charge < -0.3 is 20.1 Å². The molecule has 1 aromatic carbocycles. The molecule has 2 rings (SSSR count). The Bertz CT molecular complexity index is 569. The van der Waals surface area contributed by atoms with Gasteiger partial charge in [0.05, 0.1) is 19.8 Å². The summed E-state index contributed by atoms with van der Waals surface area (Å²) in [4.78, 5) is 23.1. The van der Waals surface area contributed by atoms with Crippen molar-refractivity contribution in [3.8, 4) is 5.75 Å². The highest BCUT2D eigenvalue weighted by Gasteiger charge is 2.11. The summed E-state index contributed by atoms with van der Waals surface area (Å²) >= 11 is 0. The van der Waals surface area contributed by atoms with Crippen LogP contribution in [0, 0.1) is 0 Å². The van der Waals surface area contributed by atoms with Gasteiger partial charge in [-0.05, 0) is 29.3 Å². The predicted molar refractivity (Wildman–Crippen MR) is 82.6 cm³/mol. The Labute approximate surface area is 129 Å². The lowest BCUT2D eigenvalue weighted by Gasteiger charge is -2.04. The molecule has 0 aromatic heterocycles. The summed E-state index contributed by atoms with van der Waals surface area (Å²) in [7, 11) is 1.56. The molecule has 6 heteroatoms. The molecule has 22 heavy (non-hydrogen) atoms. The van der Waals surface area contributed by atoms with Gasteiger partial charge in [0.2, 0.25) is 11.8 Å². The topological polar surface area (TPSA) is 76.7 Å². The van der Waals surface area contributed by atoms with Crippen molar-refractivity contribution in [2.75, 3.05) is 33.4 Å². The molecule has 0 aliphatic carbocycles. The van der Waals surface area contributed by atoms with Crippen LogP contribution in [0.3, 0.4) is 0 Å². The van der Waals surface area contributed by atoms with Crippen molar-refractivity contribution in [2.24, 2.45) is 0 Å². The fourth-order valence-corrected chi connectivity index (χ4v) is 2.06. The van der Waals surface area contributed by atoms with E-state index in [0.29, 0.717) is 19.8 Å². The third kappa shape index (κ3) is 4.89. The van der Waals surface area contributed by atoms with E-state index in [0.717, 1.165) is 23.3 Å². The van der Waals surface area contributed by atoms with Crippen LogP contribution in [0.2, 0.25) is 0 Å². The van der Waals surface area contributed by atoms with Gasteiger partial charge in [0, 0.05) is 26.2 Å². The number of ether oxygens (including phenoxy) is 2. The molecule has 1 heterocycles. The van der Waals surface area contributed by atoms with Crippen molar-refractivity contribution in [3.63, 3.8) is 0 Å². The average Bonchev–Trinajstić information content (AvgIpc) is 2.98. The lowest BCUT2D eigenvalue weighted by atomic mass is 10.1. The van der Waals surface area contributed by atoms with E-state index < -0.39 is 0 Å². The number of rotatable bonds is 7. The zero-order chi connectivity index (χ0) is 15.8. The second-order valence-corrected chi connectivity index (χ2v) is 4.86. The molecule has 1 aliphatic heterocycles. The molecule has 6 nitrogen and oxygen atoms in total. The van der Waals surface area contributed by atoms with E-state index >= 15 is 0 Å². The molecule has 118 valence electrons. The van der Waals surface area contributed by atoms with Crippen LogP contribution in [0.1, 0.15) is 11.1 Å². The highest BCUT2D eigenvalue weighted by atomic mass is 16.5. The number of carbonyl (C=O) groups excluding carboxylic acids is 2. The summed E-state index contributed by atoms with van der Waals surface area (Å²) in [6, 6.07) is 5.80. The molecule has 0 bridgehead atoms. The summed E-state index contributed by atoms with van der Waals surface area (Å²) in [5, 5.41) is 5.15. The summed E-state index contributed by atoms with van der Waals surface area (Å²) in [5.41, 5.74) is 2.09. The number of amides is 2. The van der Waals surface area contributed by atoms with Crippen LogP contribution in [-0.2, 0) is 20.7 Å². The number of hydrogen-bond acceptors (Lipinski definition) is 4. The van der Waals surface area contributed by atoms with E-state index in [1.54, 1.807) is 13.2 Å². The van der Waals surface area contributed by atoms with Crippen LogP contribution in [0.15, 0.2) is 24.3 Å². The minimum absolute atomic E-state index is 0.0507. The molecule has 0 atom stereocenters. The summed E-state index contributed by atoms with van der Waals surface area (Å²) in [6.45, 7) is 1.53. The molecule has 1 aliphatic rings. The van der Waals surface area contributed by atoms with Crippen LogP contribution in [0.4, 0.5) is 0 Å². The number of carbonyl (C=O) groups is 2. The molecule has 0 radical (unpaired) electrons. The highest BCUT2D eigenvalue weighted by molar-refractivity contribution is 5.94. The number of methoxy groups -OCH3 is 1. The number of nitrogens with one attached hydrogen (secondary N) is 2. The zero-order valence-electron chi connectivity index (χ0n) is 12.6. The van der Waals surface area contributed by atoms with Crippen LogP contribution in [0.25, 0.3) is 6.08 Å². The van der Waals surface area contributed by atoms with Gasteiger partial charge in [-0.15, -0.1) is 0 Å². The molecule has 0 unspecified atom stereocenters. The van der Waals surface area contributed by atoms with Crippen LogP contribution in [-0.4, -0.2) is 45.2 Å². The quantitative estimate of drug-likeness (QED) is 0.568. The van der Waals surface area contributed by atoms with E-state index in [2.05, 4.69) is 10.6 Å².